The van der Waals surface area contributed by atoms with Crippen molar-refractivity contribution in [3.63, 3.8) is 0 Å². The lowest BCUT2D eigenvalue weighted by Gasteiger charge is -2.18. The van der Waals surface area contributed by atoms with Gasteiger partial charge in [0.2, 0.25) is 5.78 Å². The quantitative estimate of drug-likeness (QED) is 0.730. The van der Waals surface area contributed by atoms with Crippen molar-refractivity contribution in [2.75, 3.05) is 19.1 Å². The topological polar surface area (TPSA) is 46.6 Å². The highest BCUT2D eigenvalue weighted by molar-refractivity contribution is 6.40. The fourth-order valence-corrected chi connectivity index (χ4v) is 1.27. The Bertz CT molecular complexity index is 431. The average molecular weight is 225 g/mol. The van der Waals surface area contributed by atoms with Crippen LogP contribution in [0.1, 0.15) is 6.92 Å². The predicted molar refractivity (Wildman–Crippen MR) is 57.0 cm³/mol. The first kappa shape index (κ1) is 12.2. The summed E-state index contributed by atoms with van der Waals surface area (Å²) in [5.74, 6) is -1.50. The minimum atomic E-state index is -0.719. The summed E-state index contributed by atoms with van der Waals surface area (Å²) in [7, 11) is 2.80. The molecule has 1 amide bonds. The SMILES string of the molecule is COc1ccc(F)cc1N(C)C(=O)C(C)=O. The van der Waals surface area contributed by atoms with Gasteiger partial charge in [-0.25, -0.2) is 4.39 Å². The second-order valence-electron chi connectivity index (χ2n) is 3.24. The van der Waals surface area contributed by atoms with Crippen molar-refractivity contribution in [2.45, 2.75) is 6.92 Å². The molecule has 1 aromatic carbocycles. The smallest absolute Gasteiger partial charge is 0.293 e. The third-order valence-electron chi connectivity index (χ3n) is 2.11. The van der Waals surface area contributed by atoms with Gasteiger partial charge in [0.1, 0.15) is 11.6 Å². The van der Waals surface area contributed by atoms with Crippen molar-refractivity contribution in [1.29, 1.82) is 0 Å². The zero-order chi connectivity index (χ0) is 12.3. The Morgan fingerprint density at radius 2 is 2.00 bits per heavy atom. The van der Waals surface area contributed by atoms with Crippen LogP contribution in [0.2, 0.25) is 0 Å². The number of ketones is 1. The number of ether oxygens (including phenoxy) is 1. The Kier molecular flexibility index (Phi) is 3.60. The molecule has 5 heteroatoms. The van der Waals surface area contributed by atoms with Crippen LogP contribution < -0.4 is 9.64 Å². The van der Waals surface area contributed by atoms with Crippen LogP contribution in [0.3, 0.4) is 0 Å². The molecule has 0 radical (unpaired) electrons. The Morgan fingerprint density at radius 1 is 1.38 bits per heavy atom. The summed E-state index contributed by atoms with van der Waals surface area (Å²) in [4.78, 5) is 23.4. The first-order valence-corrected chi connectivity index (χ1v) is 4.59. The first-order chi connectivity index (χ1) is 7.47. The van der Waals surface area contributed by atoms with Gasteiger partial charge in [-0.2, -0.15) is 0 Å². The number of carbonyl (C=O) groups is 2. The predicted octanol–water partition coefficient (Wildman–Crippen LogP) is 1.39. The number of amides is 1. The summed E-state index contributed by atoms with van der Waals surface area (Å²) in [6.45, 7) is 1.16. The van der Waals surface area contributed by atoms with Gasteiger partial charge in [-0.05, 0) is 12.1 Å². The molecule has 86 valence electrons. The molecule has 0 bridgehead atoms. The van der Waals surface area contributed by atoms with Crippen LogP contribution in [0.15, 0.2) is 18.2 Å². The number of Topliss-reactive ketones (excluding diaryl/α,β-unsaturated/α-hetero) is 1. The molecule has 0 aliphatic heterocycles. The van der Waals surface area contributed by atoms with Gasteiger partial charge in [-0.3, -0.25) is 9.59 Å². The number of hydrogen-bond acceptors (Lipinski definition) is 3. The van der Waals surface area contributed by atoms with Crippen LogP contribution in [-0.4, -0.2) is 25.8 Å². The molecule has 1 rings (SSSR count). The second-order valence-corrected chi connectivity index (χ2v) is 3.24. The standard InChI is InChI=1S/C11H12FNO3/c1-7(14)11(15)13(2)9-6-8(12)4-5-10(9)16-3/h4-6H,1-3H3. The van der Waals surface area contributed by atoms with Crippen molar-refractivity contribution >= 4 is 17.4 Å². The number of nitrogens with zero attached hydrogens (tertiary/aromatic N) is 1. The number of benzene rings is 1. The summed E-state index contributed by atoms with van der Waals surface area (Å²) in [5.41, 5.74) is 0.225. The molecule has 0 aliphatic carbocycles. The number of methoxy groups -OCH3 is 1. The molecule has 1 aromatic rings. The summed E-state index contributed by atoms with van der Waals surface area (Å²) in [6, 6.07) is 3.75. The fraction of sp³-hybridized carbons (Fsp3) is 0.273. The maximum Gasteiger partial charge on any atom is 0.293 e. The molecule has 0 heterocycles. The third kappa shape index (κ3) is 2.36. The molecule has 16 heavy (non-hydrogen) atoms. The normalized spacial score (nSPS) is 9.75. The maximum absolute atomic E-state index is 13.0. The van der Waals surface area contributed by atoms with E-state index >= 15 is 0 Å². The van der Waals surface area contributed by atoms with Gasteiger partial charge in [0.25, 0.3) is 5.91 Å². The van der Waals surface area contributed by atoms with E-state index in [-0.39, 0.29) is 5.69 Å². The zero-order valence-corrected chi connectivity index (χ0v) is 9.28. The first-order valence-electron chi connectivity index (χ1n) is 4.59. The molecule has 0 saturated carbocycles. The van der Waals surface area contributed by atoms with Gasteiger partial charge in [0, 0.05) is 20.0 Å². The average Bonchev–Trinajstić information content (AvgIpc) is 2.26. The number of hydrogen-bond donors (Lipinski definition) is 0. The van der Waals surface area contributed by atoms with E-state index in [9.17, 15) is 14.0 Å². The van der Waals surface area contributed by atoms with Gasteiger partial charge >= 0.3 is 0 Å². The summed E-state index contributed by atoms with van der Waals surface area (Å²) in [6.07, 6.45) is 0. The van der Waals surface area contributed by atoms with Gasteiger partial charge in [-0.15, -0.1) is 0 Å². The van der Waals surface area contributed by atoms with Crippen molar-refractivity contribution < 1.29 is 18.7 Å². The van der Waals surface area contributed by atoms with Crippen molar-refractivity contribution in [2.24, 2.45) is 0 Å². The van der Waals surface area contributed by atoms with Crippen molar-refractivity contribution in [3.8, 4) is 5.75 Å². The van der Waals surface area contributed by atoms with E-state index in [0.717, 1.165) is 17.9 Å². The Hall–Kier alpha value is -1.91. The molecule has 0 unspecified atom stereocenters. The number of likely N-dealkylation sites (N-methyl/N-ethyl adjacent to an activating group) is 1. The van der Waals surface area contributed by atoms with E-state index in [4.69, 9.17) is 4.74 Å². The minimum absolute atomic E-state index is 0.225. The maximum atomic E-state index is 13.0. The van der Waals surface area contributed by atoms with Crippen LogP contribution in [0.4, 0.5) is 10.1 Å². The van der Waals surface area contributed by atoms with Crippen LogP contribution in [0.5, 0.6) is 5.75 Å². The van der Waals surface area contributed by atoms with Gasteiger partial charge in [0.15, 0.2) is 0 Å². The zero-order valence-electron chi connectivity index (χ0n) is 9.28. The molecule has 0 fully saturated rings. The van der Waals surface area contributed by atoms with Gasteiger partial charge in [-0.1, -0.05) is 0 Å². The highest BCUT2D eigenvalue weighted by atomic mass is 19.1. The monoisotopic (exact) mass is 225 g/mol. The molecule has 0 saturated heterocycles. The van der Waals surface area contributed by atoms with Gasteiger partial charge in [0.05, 0.1) is 12.8 Å². The lowest BCUT2D eigenvalue weighted by atomic mass is 10.2. The summed E-state index contributed by atoms with van der Waals surface area (Å²) >= 11 is 0. The Balaban J connectivity index is 3.15. The Labute approximate surface area is 92.6 Å². The number of halogens is 1. The molecule has 0 aromatic heterocycles. The van der Waals surface area contributed by atoms with Crippen molar-refractivity contribution in [1.82, 2.24) is 0 Å². The fourth-order valence-electron chi connectivity index (χ4n) is 1.27. The lowest BCUT2D eigenvalue weighted by Crippen LogP contribution is -2.31. The largest absolute Gasteiger partial charge is 0.495 e. The number of carbonyl (C=O) groups excluding carboxylic acids is 2. The molecule has 0 N–H and O–H groups in total. The van der Waals surface area contributed by atoms with E-state index in [0.29, 0.717) is 5.75 Å². The van der Waals surface area contributed by atoms with E-state index in [1.54, 1.807) is 0 Å². The van der Waals surface area contributed by atoms with Gasteiger partial charge < -0.3 is 9.64 Å². The molecular formula is C11H12FNO3. The van der Waals surface area contributed by atoms with E-state index in [1.807, 2.05) is 0 Å². The van der Waals surface area contributed by atoms with E-state index in [2.05, 4.69) is 0 Å². The molecule has 4 nitrogen and oxygen atoms in total. The summed E-state index contributed by atoms with van der Waals surface area (Å²) in [5, 5.41) is 0. The highest BCUT2D eigenvalue weighted by Gasteiger charge is 2.19. The second kappa shape index (κ2) is 4.74. The number of anilines is 1. The van der Waals surface area contributed by atoms with E-state index < -0.39 is 17.5 Å². The van der Waals surface area contributed by atoms with Crippen LogP contribution in [-0.2, 0) is 9.59 Å². The highest BCUT2D eigenvalue weighted by Crippen LogP contribution is 2.28. The number of rotatable bonds is 3. The van der Waals surface area contributed by atoms with Crippen LogP contribution >= 0.6 is 0 Å². The Morgan fingerprint density at radius 3 is 2.50 bits per heavy atom. The molecule has 0 spiro atoms. The van der Waals surface area contributed by atoms with Crippen LogP contribution in [0.25, 0.3) is 0 Å². The third-order valence-corrected chi connectivity index (χ3v) is 2.11. The lowest BCUT2D eigenvalue weighted by molar-refractivity contribution is -0.134. The molecular weight excluding hydrogens is 213 g/mol. The van der Waals surface area contributed by atoms with Crippen molar-refractivity contribution in [3.05, 3.63) is 24.0 Å². The summed E-state index contributed by atoms with van der Waals surface area (Å²) < 4.78 is 18.0. The van der Waals surface area contributed by atoms with Crippen LogP contribution in [0, 0.1) is 5.82 Å². The molecule has 0 aliphatic rings. The minimum Gasteiger partial charge on any atom is -0.495 e. The molecule has 0 atom stereocenters. The van der Waals surface area contributed by atoms with E-state index in [1.165, 1.54) is 26.3 Å².